The van der Waals surface area contributed by atoms with Crippen molar-refractivity contribution < 1.29 is 5.11 Å². The van der Waals surface area contributed by atoms with Gasteiger partial charge in [-0.05, 0) is 97.9 Å². The first kappa shape index (κ1) is 34.8. The quantitative estimate of drug-likeness (QED) is 0.171. The fourth-order valence-electron chi connectivity index (χ4n) is 4.57. The zero-order valence-corrected chi connectivity index (χ0v) is 27.2. The fourth-order valence-corrected chi connectivity index (χ4v) is 6.84. The van der Waals surface area contributed by atoms with E-state index in [0.717, 1.165) is 38.6 Å². The highest BCUT2D eigenvalue weighted by Gasteiger charge is 2.24. The number of hydrogen-bond acceptors (Lipinski definition) is 4. The van der Waals surface area contributed by atoms with Crippen molar-refractivity contribution in [2.24, 2.45) is 11.3 Å². The number of rotatable bonds is 10. The van der Waals surface area contributed by atoms with Crippen LogP contribution in [0.3, 0.4) is 0 Å². The largest absolute Gasteiger partial charge is 0.400 e. The van der Waals surface area contributed by atoms with Gasteiger partial charge in [0.05, 0.1) is 0 Å². The molecule has 214 valence electrons. The van der Waals surface area contributed by atoms with Crippen LogP contribution in [0.15, 0.2) is 79.3 Å². The smallest absolute Gasteiger partial charge is 0.0499 e. The minimum atomic E-state index is 0.315. The highest BCUT2D eigenvalue weighted by Crippen LogP contribution is 2.42. The lowest BCUT2D eigenvalue weighted by Gasteiger charge is -2.30. The molecular weight excluding hydrogens is 515 g/mol. The van der Waals surface area contributed by atoms with E-state index < -0.39 is 0 Å². The van der Waals surface area contributed by atoms with E-state index in [4.69, 9.17) is 5.11 Å². The number of thiophene rings is 1. The second-order valence-corrected chi connectivity index (χ2v) is 13.2. The standard InChI is InChI=1S/C32H43NS2.C2H4.CH4O/c1-9-10-11-12-19-33-24(4)29-17-18-30(35-29)25(5)34-28-20-22(2)31(23(3)21-28)26-13-15-27(16-14-26)32(6,7)8;2*1-2/h10-11,13-15,17-18,20-21,25,27,33H,4,9,12,16,19H2,1-3,5-8H3;1-2H2;2H,1H3/b11-10-;;. The Labute approximate surface area is 247 Å². The van der Waals surface area contributed by atoms with Crippen molar-refractivity contribution in [1.29, 1.82) is 0 Å². The molecular formula is C35H51NOS2. The summed E-state index contributed by atoms with van der Waals surface area (Å²) in [6, 6.07) is 9.21. The number of benzene rings is 1. The van der Waals surface area contributed by atoms with Gasteiger partial charge < -0.3 is 10.4 Å². The average Bonchev–Trinajstić information content (AvgIpc) is 3.41. The van der Waals surface area contributed by atoms with Crippen LogP contribution in [-0.4, -0.2) is 18.8 Å². The maximum atomic E-state index is 7.00. The van der Waals surface area contributed by atoms with Gasteiger partial charge in [0.25, 0.3) is 0 Å². The summed E-state index contributed by atoms with van der Waals surface area (Å²) in [6.07, 6.45) is 14.9. The van der Waals surface area contributed by atoms with Crippen molar-refractivity contribution in [2.45, 2.75) is 77.9 Å². The number of hydrogen-bond donors (Lipinski definition) is 2. The second kappa shape index (κ2) is 17.4. The van der Waals surface area contributed by atoms with E-state index in [1.54, 1.807) is 0 Å². The lowest BCUT2D eigenvalue weighted by molar-refractivity contribution is 0.294. The molecule has 0 radical (unpaired) electrons. The van der Waals surface area contributed by atoms with E-state index >= 15 is 0 Å². The monoisotopic (exact) mass is 565 g/mol. The van der Waals surface area contributed by atoms with Gasteiger partial charge in [-0.25, -0.2) is 0 Å². The summed E-state index contributed by atoms with van der Waals surface area (Å²) in [5.74, 6) is 0.613. The van der Waals surface area contributed by atoms with Crippen molar-refractivity contribution in [3.05, 3.63) is 101 Å². The molecule has 1 aromatic heterocycles. The highest BCUT2D eigenvalue weighted by molar-refractivity contribution is 7.99. The molecule has 1 aliphatic carbocycles. The number of aliphatic hydroxyl groups is 1. The van der Waals surface area contributed by atoms with Gasteiger partial charge in [0.2, 0.25) is 0 Å². The summed E-state index contributed by atoms with van der Waals surface area (Å²) < 4.78 is 0. The topological polar surface area (TPSA) is 32.3 Å². The SMILES string of the molecule is C=C.C=C(NCC/C=C\CC)c1ccc(C(C)Sc2cc(C)c(C3=CCC(C(C)(C)C)C=C3)c(C)c2)s1.CO. The Kier molecular flexibility index (Phi) is 15.5. The summed E-state index contributed by atoms with van der Waals surface area (Å²) >= 11 is 3.80. The van der Waals surface area contributed by atoms with Crippen molar-refractivity contribution >= 4 is 34.4 Å². The molecule has 0 spiro atoms. The molecule has 1 aliphatic rings. The summed E-state index contributed by atoms with van der Waals surface area (Å²) in [6.45, 7) is 27.2. The predicted molar refractivity (Wildman–Crippen MR) is 180 cm³/mol. The van der Waals surface area contributed by atoms with Crippen molar-refractivity contribution in [3.8, 4) is 0 Å². The second-order valence-electron chi connectivity index (χ2n) is 10.7. The molecule has 0 fully saturated rings. The van der Waals surface area contributed by atoms with Gasteiger partial charge in [-0.1, -0.05) is 64.7 Å². The maximum Gasteiger partial charge on any atom is 0.0499 e. The molecule has 1 aromatic carbocycles. The van der Waals surface area contributed by atoms with E-state index in [0.29, 0.717) is 16.6 Å². The molecule has 3 rings (SSSR count). The number of aliphatic hydroxyl groups excluding tert-OH is 1. The molecule has 2 N–H and O–H groups in total. The Morgan fingerprint density at radius 1 is 1.15 bits per heavy atom. The van der Waals surface area contributed by atoms with Crippen LogP contribution in [0.5, 0.6) is 0 Å². The first-order valence-electron chi connectivity index (χ1n) is 13.9. The maximum absolute atomic E-state index is 7.00. The third-order valence-electron chi connectivity index (χ3n) is 6.70. The molecule has 0 saturated carbocycles. The van der Waals surface area contributed by atoms with Gasteiger partial charge >= 0.3 is 0 Å². The molecule has 0 saturated heterocycles. The Bertz CT molecular complexity index is 1110. The first-order chi connectivity index (χ1) is 18.6. The fraction of sp³-hybridized carbons (Fsp3) is 0.429. The average molecular weight is 566 g/mol. The molecule has 0 bridgehead atoms. The number of allylic oxidation sites excluding steroid dienone is 5. The summed E-state index contributed by atoms with van der Waals surface area (Å²) in [7, 11) is 1.00. The van der Waals surface area contributed by atoms with Crippen LogP contribution in [0.2, 0.25) is 0 Å². The van der Waals surface area contributed by atoms with Gasteiger partial charge in [-0.3, -0.25) is 0 Å². The third kappa shape index (κ3) is 10.7. The van der Waals surface area contributed by atoms with Crippen molar-refractivity contribution in [2.75, 3.05) is 13.7 Å². The predicted octanol–water partition coefficient (Wildman–Crippen LogP) is 10.6. The lowest BCUT2D eigenvalue weighted by Crippen LogP contribution is -2.19. The summed E-state index contributed by atoms with van der Waals surface area (Å²) in [5, 5.41) is 10.9. The van der Waals surface area contributed by atoms with Gasteiger partial charge in [0, 0.05) is 39.3 Å². The van der Waals surface area contributed by atoms with Gasteiger partial charge in [0.15, 0.2) is 0 Å². The van der Waals surface area contributed by atoms with E-state index in [2.05, 4.69) is 128 Å². The van der Waals surface area contributed by atoms with Crippen LogP contribution >= 0.6 is 23.1 Å². The molecule has 0 aliphatic heterocycles. The van der Waals surface area contributed by atoms with E-state index in [1.807, 2.05) is 23.1 Å². The van der Waals surface area contributed by atoms with E-state index in [-0.39, 0.29) is 0 Å². The minimum Gasteiger partial charge on any atom is -0.400 e. The molecule has 2 unspecified atom stereocenters. The van der Waals surface area contributed by atoms with E-state index in [9.17, 15) is 0 Å². The van der Waals surface area contributed by atoms with Crippen LogP contribution in [0.25, 0.3) is 11.3 Å². The van der Waals surface area contributed by atoms with Gasteiger partial charge in [-0.2, -0.15) is 0 Å². The lowest BCUT2D eigenvalue weighted by atomic mass is 9.75. The Morgan fingerprint density at radius 3 is 2.33 bits per heavy atom. The number of nitrogens with one attached hydrogen (secondary N) is 1. The van der Waals surface area contributed by atoms with Crippen LogP contribution in [-0.2, 0) is 0 Å². The molecule has 4 heteroatoms. The van der Waals surface area contributed by atoms with Crippen LogP contribution in [0.1, 0.15) is 85.6 Å². The number of thioether (sulfide) groups is 1. The molecule has 0 amide bonds. The third-order valence-corrected chi connectivity index (χ3v) is 9.29. The zero-order chi connectivity index (χ0) is 29.6. The van der Waals surface area contributed by atoms with Crippen LogP contribution < -0.4 is 5.32 Å². The Hall–Kier alpha value is -2.27. The van der Waals surface area contributed by atoms with Crippen LogP contribution in [0.4, 0.5) is 0 Å². The van der Waals surface area contributed by atoms with Crippen molar-refractivity contribution in [3.63, 3.8) is 0 Å². The molecule has 1 heterocycles. The molecule has 2 aromatic rings. The first-order valence-corrected chi connectivity index (χ1v) is 15.6. The van der Waals surface area contributed by atoms with Gasteiger partial charge in [-0.15, -0.1) is 36.3 Å². The molecule has 2 atom stereocenters. The normalized spacial score (nSPS) is 15.5. The number of aryl methyl sites for hydroxylation is 2. The van der Waals surface area contributed by atoms with Gasteiger partial charge in [0.1, 0.15) is 0 Å². The van der Waals surface area contributed by atoms with Crippen molar-refractivity contribution in [1.82, 2.24) is 5.32 Å². The van der Waals surface area contributed by atoms with Crippen LogP contribution in [0, 0.1) is 25.2 Å². The Morgan fingerprint density at radius 2 is 1.79 bits per heavy atom. The highest BCUT2D eigenvalue weighted by atomic mass is 32.2. The Balaban J connectivity index is 0.00000181. The van der Waals surface area contributed by atoms with E-state index in [1.165, 1.54) is 36.9 Å². The minimum absolute atomic E-state index is 0.315. The zero-order valence-electron chi connectivity index (χ0n) is 25.6. The molecule has 39 heavy (non-hydrogen) atoms. The summed E-state index contributed by atoms with van der Waals surface area (Å²) in [5.41, 5.74) is 6.86. The summed E-state index contributed by atoms with van der Waals surface area (Å²) in [4.78, 5) is 3.97. The molecule has 2 nitrogen and oxygen atoms in total.